The summed E-state index contributed by atoms with van der Waals surface area (Å²) >= 11 is 1.73. The number of para-hydroxylation sites is 1. The Morgan fingerprint density at radius 1 is 1.32 bits per heavy atom. The highest BCUT2D eigenvalue weighted by Crippen LogP contribution is 2.18. The van der Waals surface area contributed by atoms with Gasteiger partial charge in [-0.2, -0.15) is 0 Å². The van der Waals surface area contributed by atoms with Gasteiger partial charge in [0.2, 0.25) is 0 Å². The number of nitro benzene ring substituents is 1. The van der Waals surface area contributed by atoms with Crippen molar-refractivity contribution in [2.24, 2.45) is 4.99 Å². The summed E-state index contributed by atoms with van der Waals surface area (Å²) in [6.07, 6.45) is 3.75. The van der Waals surface area contributed by atoms with Crippen molar-refractivity contribution >= 4 is 23.0 Å². The third-order valence-electron chi connectivity index (χ3n) is 3.52. The number of thiazole rings is 1. The van der Waals surface area contributed by atoms with Crippen LogP contribution < -0.4 is 10.6 Å². The van der Waals surface area contributed by atoms with Crippen LogP contribution in [-0.2, 0) is 19.4 Å². The Labute approximate surface area is 151 Å². The molecule has 1 aromatic heterocycles. The lowest BCUT2D eigenvalue weighted by Crippen LogP contribution is -2.38. The first-order valence-corrected chi connectivity index (χ1v) is 9.13. The first-order chi connectivity index (χ1) is 12.1. The molecule has 2 aromatic rings. The van der Waals surface area contributed by atoms with Gasteiger partial charge in [0.25, 0.3) is 5.69 Å². The molecule has 0 saturated heterocycles. The largest absolute Gasteiger partial charge is 0.357 e. The zero-order valence-corrected chi connectivity index (χ0v) is 15.3. The van der Waals surface area contributed by atoms with Gasteiger partial charge in [-0.3, -0.25) is 10.1 Å². The Morgan fingerprint density at radius 3 is 2.80 bits per heavy atom. The quantitative estimate of drug-likeness (QED) is 0.326. The Kier molecular flexibility index (Phi) is 7.34. The summed E-state index contributed by atoms with van der Waals surface area (Å²) < 4.78 is 0. The third kappa shape index (κ3) is 5.82. The molecule has 0 aliphatic carbocycles. The minimum Gasteiger partial charge on any atom is -0.357 e. The Hall–Kier alpha value is -2.48. The number of nitro groups is 1. The second kappa shape index (κ2) is 9.73. The average Bonchev–Trinajstić information content (AvgIpc) is 3.08. The minimum atomic E-state index is -0.376. The molecule has 8 heteroatoms. The van der Waals surface area contributed by atoms with Crippen LogP contribution in [-0.4, -0.2) is 29.0 Å². The van der Waals surface area contributed by atoms with Crippen molar-refractivity contribution in [3.63, 3.8) is 0 Å². The molecule has 0 atom stereocenters. The van der Waals surface area contributed by atoms with Gasteiger partial charge in [0.15, 0.2) is 5.96 Å². The molecule has 2 rings (SSSR count). The number of aryl methyl sites for hydroxylation is 1. The summed E-state index contributed by atoms with van der Waals surface area (Å²) in [4.78, 5) is 20.8. The van der Waals surface area contributed by atoms with E-state index in [1.54, 1.807) is 29.5 Å². The lowest BCUT2D eigenvalue weighted by Gasteiger charge is -2.10. The fourth-order valence-corrected chi connectivity index (χ4v) is 3.11. The SMILES string of the molecule is CCNC(=NCc1ccccc1[N+](=O)[O-])NCCc1ncc(CC)s1. The zero-order chi connectivity index (χ0) is 18.1. The van der Waals surface area contributed by atoms with Gasteiger partial charge in [0.1, 0.15) is 0 Å². The van der Waals surface area contributed by atoms with Crippen molar-refractivity contribution in [3.05, 3.63) is 56.0 Å². The van der Waals surface area contributed by atoms with Gasteiger partial charge in [-0.1, -0.05) is 25.1 Å². The maximum absolute atomic E-state index is 11.1. The van der Waals surface area contributed by atoms with Crippen molar-refractivity contribution in [2.75, 3.05) is 13.1 Å². The molecule has 0 amide bonds. The number of aliphatic imine (C=N–C) groups is 1. The Morgan fingerprint density at radius 2 is 2.12 bits per heavy atom. The minimum absolute atomic E-state index is 0.0944. The van der Waals surface area contributed by atoms with E-state index in [0.717, 1.165) is 24.4 Å². The Bertz CT molecular complexity index is 729. The van der Waals surface area contributed by atoms with Crippen LogP contribution in [0.1, 0.15) is 29.3 Å². The van der Waals surface area contributed by atoms with Gasteiger partial charge in [-0.05, 0) is 13.3 Å². The highest BCUT2D eigenvalue weighted by molar-refractivity contribution is 7.11. The number of nitrogens with one attached hydrogen (secondary N) is 2. The van der Waals surface area contributed by atoms with Crippen LogP contribution in [0, 0.1) is 10.1 Å². The van der Waals surface area contributed by atoms with Crippen molar-refractivity contribution in [1.82, 2.24) is 15.6 Å². The van der Waals surface area contributed by atoms with Crippen LogP contribution in [0.5, 0.6) is 0 Å². The molecular weight excluding hydrogens is 338 g/mol. The van der Waals surface area contributed by atoms with Gasteiger partial charge in [0, 0.05) is 36.7 Å². The summed E-state index contributed by atoms with van der Waals surface area (Å²) in [6, 6.07) is 6.67. The van der Waals surface area contributed by atoms with Crippen molar-refractivity contribution in [1.29, 1.82) is 0 Å². The highest BCUT2D eigenvalue weighted by atomic mass is 32.1. The van der Waals surface area contributed by atoms with Gasteiger partial charge >= 0.3 is 0 Å². The van der Waals surface area contributed by atoms with Crippen LogP contribution in [0.15, 0.2) is 35.5 Å². The number of rotatable bonds is 8. The van der Waals surface area contributed by atoms with E-state index in [2.05, 4.69) is 27.5 Å². The summed E-state index contributed by atoms with van der Waals surface area (Å²) in [5.74, 6) is 0.646. The summed E-state index contributed by atoms with van der Waals surface area (Å²) in [7, 11) is 0. The fourth-order valence-electron chi connectivity index (χ4n) is 2.24. The van der Waals surface area contributed by atoms with E-state index < -0.39 is 0 Å². The fraction of sp³-hybridized carbons (Fsp3) is 0.412. The first-order valence-electron chi connectivity index (χ1n) is 8.32. The normalized spacial score (nSPS) is 11.4. The van der Waals surface area contributed by atoms with Gasteiger partial charge < -0.3 is 10.6 Å². The van der Waals surface area contributed by atoms with E-state index in [-0.39, 0.29) is 17.2 Å². The topological polar surface area (TPSA) is 92.5 Å². The van der Waals surface area contributed by atoms with E-state index in [0.29, 0.717) is 18.1 Å². The monoisotopic (exact) mass is 361 g/mol. The smallest absolute Gasteiger partial charge is 0.274 e. The van der Waals surface area contributed by atoms with Crippen LogP contribution in [0.3, 0.4) is 0 Å². The molecule has 2 N–H and O–H groups in total. The molecule has 7 nitrogen and oxygen atoms in total. The highest BCUT2D eigenvalue weighted by Gasteiger charge is 2.11. The molecule has 0 aliphatic rings. The van der Waals surface area contributed by atoms with Crippen molar-refractivity contribution in [2.45, 2.75) is 33.2 Å². The molecule has 25 heavy (non-hydrogen) atoms. The van der Waals surface area contributed by atoms with Gasteiger partial charge in [0.05, 0.1) is 22.0 Å². The molecule has 0 fully saturated rings. The average molecular weight is 361 g/mol. The van der Waals surface area contributed by atoms with Crippen LogP contribution >= 0.6 is 11.3 Å². The summed E-state index contributed by atoms with van der Waals surface area (Å²) in [6.45, 7) is 5.79. The standard InChI is InChI=1S/C17H23N5O2S/c1-3-14-12-20-16(25-14)9-10-19-17(18-4-2)21-11-13-7-5-6-8-15(13)22(23)24/h5-8,12H,3-4,9-11H2,1-2H3,(H2,18,19,21). The molecule has 0 saturated carbocycles. The van der Waals surface area contributed by atoms with E-state index in [9.17, 15) is 10.1 Å². The van der Waals surface area contributed by atoms with Crippen molar-refractivity contribution in [3.8, 4) is 0 Å². The third-order valence-corrected chi connectivity index (χ3v) is 4.72. The number of aromatic nitrogens is 1. The van der Waals surface area contributed by atoms with Crippen LogP contribution in [0.25, 0.3) is 0 Å². The molecule has 1 aromatic carbocycles. The predicted octanol–water partition coefficient (Wildman–Crippen LogP) is 2.91. The molecule has 0 aliphatic heterocycles. The molecule has 0 unspecified atom stereocenters. The second-order valence-corrected chi connectivity index (χ2v) is 6.53. The molecule has 0 radical (unpaired) electrons. The number of guanidine groups is 1. The van der Waals surface area contributed by atoms with Gasteiger partial charge in [-0.15, -0.1) is 11.3 Å². The number of hydrogen-bond donors (Lipinski definition) is 2. The zero-order valence-electron chi connectivity index (χ0n) is 14.5. The van der Waals surface area contributed by atoms with Crippen LogP contribution in [0.4, 0.5) is 5.69 Å². The van der Waals surface area contributed by atoms with Gasteiger partial charge in [-0.25, -0.2) is 9.98 Å². The lowest BCUT2D eigenvalue weighted by atomic mass is 10.2. The lowest BCUT2D eigenvalue weighted by molar-refractivity contribution is -0.385. The van der Waals surface area contributed by atoms with Crippen molar-refractivity contribution < 1.29 is 4.92 Å². The summed E-state index contributed by atoms with van der Waals surface area (Å²) in [5, 5.41) is 18.6. The maximum atomic E-state index is 11.1. The van der Waals surface area contributed by atoms with Crippen LogP contribution in [0.2, 0.25) is 0 Å². The predicted molar refractivity (Wildman–Crippen MR) is 101 cm³/mol. The summed E-state index contributed by atoms with van der Waals surface area (Å²) in [5.41, 5.74) is 0.689. The Balaban J connectivity index is 1.95. The molecule has 0 bridgehead atoms. The number of nitrogens with zero attached hydrogens (tertiary/aromatic N) is 3. The number of benzene rings is 1. The van der Waals surface area contributed by atoms with E-state index in [1.165, 1.54) is 10.9 Å². The first kappa shape index (κ1) is 18.9. The molecule has 0 spiro atoms. The second-order valence-electron chi connectivity index (χ2n) is 5.33. The molecular formula is C17H23N5O2S. The molecule has 1 heterocycles. The van der Waals surface area contributed by atoms with E-state index in [1.807, 2.05) is 13.1 Å². The maximum Gasteiger partial charge on any atom is 0.274 e. The van der Waals surface area contributed by atoms with E-state index in [4.69, 9.17) is 0 Å². The van der Waals surface area contributed by atoms with E-state index >= 15 is 0 Å². The number of hydrogen-bond acceptors (Lipinski definition) is 5. The molecule has 134 valence electrons.